The summed E-state index contributed by atoms with van der Waals surface area (Å²) in [6.45, 7) is 0.119. The van der Waals surface area contributed by atoms with E-state index in [0.717, 1.165) is 6.07 Å². The Kier molecular flexibility index (Phi) is 3.39. The number of hydrogen-bond acceptors (Lipinski definition) is 4. The van der Waals surface area contributed by atoms with E-state index in [4.69, 9.17) is 15.7 Å². The molecule has 2 N–H and O–H groups in total. The van der Waals surface area contributed by atoms with Crippen molar-refractivity contribution in [2.24, 2.45) is 0 Å². The Labute approximate surface area is 103 Å². The number of rotatable bonds is 3. The summed E-state index contributed by atoms with van der Waals surface area (Å²) < 4.78 is 18.8. The fraction of sp³-hybridized carbons (Fsp3) is 0.0769. The topological polar surface area (TPSA) is 71.9 Å². The van der Waals surface area contributed by atoms with Crippen LogP contribution < -0.4 is 10.5 Å². The van der Waals surface area contributed by atoms with Crippen molar-refractivity contribution >= 4 is 5.82 Å². The molecular weight excluding hydrogens is 233 g/mol. The predicted octanol–water partition coefficient (Wildman–Crippen LogP) is 2.25. The lowest BCUT2D eigenvalue weighted by Crippen LogP contribution is -2.01. The van der Waals surface area contributed by atoms with Crippen molar-refractivity contribution in [2.75, 3.05) is 5.73 Å². The maximum atomic E-state index is 13.5. The first-order valence-electron chi connectivity index (χ1n) is 5.23. The number of nitrogen functional groups attached to an aromatic ring is 1. The summed E-state index contributed by atoms with van der Waals surface area (Å²) >= 11 is 0. The smallest absolute Gasteiger partial charge is 0.166 e. The van der Waals surface area contributed by atoms with E-state index in [0.29, 0.717) is 11.5 Å². The molecule has 0 radical (unpaired) electrons. The van der Waals surface area contributed by atoms with Crippen LogP contribution in [-0.2, 0) is 6.61 Å². The number of nitriles is 1. The quantitative estimate of drug-likeness (QED) is 0.897. The fourth-order valence-electron chi connectivity index (χ4n) is 1.42. The van der Waals surface area contributed by atoms with Crippen LogP contribution in [0.4, 0.5) is 10.2 Å². The summed E-state index contributed by atoms with van der Waals surface area (Å²) in [5.74, 6) is -0.104. The number of ether oxygens (including phenoxy) is 1. The minimum absolute atomic E-state index is 0.0817. The average Bonchev–Trinajstić information content (AvgIpc) is 2.37. The molecule has 0 bridgehead atoms. The largest absolute Gasteiger partial charge is 0.484 e. The number of pyridine rings is 1. The molecule has 2 aromatic rings. The second-order valence-electron chi connectivity index (χ2n) is 3.60. The number of halogens is 1. The van der Waals surface area contributed by atoms with E-state index in [1.54, 1.807) is 18.2 Å². The van der Waals surface area contributed by atoms with Crippen molar-refractivity contribution < 1.29 is 9.13 Å². The summed E-state index contributed by atoms with van der Waals surface area (Å²) in [6.07, 6.45) is 0. The van der Waals surface area contributed by atoms with E-state index in [-0.39, 0.29) is 17.9 Å². The molecule has 90 valence electrons. The lowest BCUT2D eigenvalue weighted by molar-refractivity contribution is 0.286. The molecule has 0 fully saturated rings. The van der Waals surface area contributed by atoms with Crippen LogP contribution in [0.2, 0.25) is 0 Å². The molecule has 0 unspecified atom stereocenters. The molecule has 0 spiro atoms. The highest BCUT2D eigenvalue weighted by Crippen LogP contribution is 2.19. The lowest BCUT2D eigenvalue weighted by Gasteiger charge is -2.07. The average molecular weight is 243 g/mol. The molecule has 0 aliphatic carbocycles. The Bertz CT molecular complexity index is 607. The Morgan fingerprint density at radius 2 is 2.17 bits per heavy atom. The van der Waals surface area contributed by atoms with Gasteiger partial charge in [-0.05, 0) is 30.3 Å². The molecule has 18 heavy (non-hydrogen) atoms. The van der Waals surface area contributed by atoms with Crippen molar-refractivity contribution in [3.05, 3.63) is 53.5 Å². The molecule has 0 saturated carbocycles. The third-order valence-corrected chi connectivity index (χ3v) is 2.26. The minimum atomic E-state index is -0.571. The highest BCUT2D eigenvalue weighted by molar-refractivity contribution is 5.36. The first-order chi connectivity index (χ1) is 8.69. The van der Waals surface area contributed by atoms with Gasteiger partial charge in [-0.3, -0.25) is 0 Å². The number of nitrogens with two attached hydrogens (primary N) is 1. The molecule has 5 heteroatoms. The number of benzene rings is 1. The molecule has 4 nitrogen and oxygen atoms in total. The zero-order valence-corrected chi connectivity index (χ0v) is 9.43. The third-order valence-electron chi connectivity index (χ3n) is 2.26. The predicted molar refractivity (Wildman–Crippen MR) is 64.1 cm³/mol. The molecule has 1 aromatic carbocycles. The molecular formula is C13H10FN3O. The summed E-state index contributed by atoms with van der Waals surface area (Å²) in [6, 6.07) is 11.0. The summed E-state index contributed by atoms with van der Waals surface area (Å²) in [5, 5.41) is 8.61. The van der Waals surface area contributed by atoms with Gasteiger partial charge in [0.25, 0.3) is 0 Å². The van der Waals surface area contributed by atoms with E-state index < -0.39 is 5.82 Å². The first-order valence-corrected chi connectivity index (χ1v) is 5.23. The summed E-state index contributed by atoms with van der Waals surface area (Å²) in [7, 11) is 0. The van der Waals surface area contributed by atoms with E-state index in [1.165, 1.54) is 12.1 Å². The van der Waals surface area contributed by atoms with Gasteiger partial charge in [-0.25, -0.2) is 9.37 Å². The van der Waals surface area contributed by atoms with Crippen molar-refractivity contribution in [3.63, 3.8) is 0 Å². The molecule has 2 rings (SSSR count). The Balaban J connectivity index is 2.09. The van der Waals surface area contributed by atoms with Gasteiger partial charge in [0.1, 0.15) is 12.4 Å². The SMILES string of the molecule is N#Cc1ccc(OCc2cccc(N)n2)c(F)c1. The second kappa shape index (κ2) is 5.15. The highest BCUT2D eigenvalue weighted by atomic mass is 19.1. The lowest BCUT2D eigenvalue weighted by atomic mass is 10.2. The molecule has 0 amide bonds. The van der Waals surface area contributed by atoms with E-state index >= 15 is 0 Å². The van der Waals surface area contributed by atoms with Crippen LogP contribution in [0.5, 0.6) is 5.75 Å². The van der Waals surface area contributed by atoms with E-state index in [1.807, 2.05) is 6.07 Å². The second-order valence-corrected chi connectivity index (χ2v) is 3.60. The van der Waals surface area contributed by atoms with E-state index in [2.05, 4.69) is 4.98 Å². The van der Waals surface area contributed by atoms with Crippen LogP contribution in [0, 0.1) is 17.1 Å². The molecule has 0 saturated heterocycles. The zero-order valence-electron chi connectivity index (χ0n) is 9.43. The van der Waals surface area contributed by atoms with Gasteiger partial charge in [0, 0.05) is 0 Å². The number of nitrogens with zero attached hydrogens (tertiary/aromatic N) is 2. The Hall–Kier alpha value is -2.61. The minimum Gasteiger partial charge on any atom is -0.484 e. The van der Waals surface area contributed by atoms with Crippen molar-refractivity contribution in [1.29, 1.82) is 5.26 Å². The van der Waals surface area contributed by atoms with Crippen molar-refractivity contribution in [1.82, 2.24) is 4.98 Å². The van der Waals surface area contributed by atoms with Crippen LogP contribution in [-0.4, -0.2) is 4.98 Å². The molecule has 1 aromatic heterocycles. The zero-order chi connectivity index (χ0) is 13.0. The van der Waals surface area contributed by atoms with Crippen LogP contribution >= 0.6 is 0 Å². The number of aromatic nitrogens is 1. The monoisotopic (exact) mass is 243 g/mol. The highest BCUT2D eigenvalue weighted by Gasteiger charge is 2.05. The van der Waals surface area contributed by atoms with Gasteiger partial charge in [-0.15, -0.1) is 0 Å². The molecule has 0 aliphatic rings. The van der Waals surface area contributed by atoms with Crippen LogP contribution in [0.1, 0.15) is 11.3 Å². The van der Waals surface area contributed by atoms with Crippen molar-refractivity contribution in [2.45, 2.75) is 6.61 Å². The summed E-state index contributed by atoms with van der Waals surface area (Å²) in [4.78, 5) is 4.03. The molecule has 0 aliphatic heterocycles. The maximum absolute atomic E-state index is 13.5. The third kappa shape index (κ3) is 2.74. The Morgan fingerprint density at radius 1 is 1.33 bits per heavy atom. The standard InChI is InChI=1S/C13H10FN3O/c14-11-6-9(7-15)4-5-12(11)18-8-10-2-1-3-13(16)17-10/h1-6H,8H2,(H2,16,17). The van der Waals surface area contributed by atoms with Gasteiger partial charge < -0.3 is 10.5 Å². The first kappa shape index (κ1) is 11.9. The van der Waals surface area contributed by atoms with Gasteiger partial charge in [0.2, 0.25) is 0 Å². The van der Waals surface area contributed by atoms with Crippen molar-refractivity contribution in [3.8, 4) is 11.8 Å². The van der Waals surface area contributed by atoms with Crippen LogP contribution in [0.15, 0.2) is 36.4 Å². The number of hydrogen-bond donors (Lipinski definition) is 1. The summed E-state index contributed by atoms with van der Waals surface area (Å²) in [5.41, 5.74) is 6.38. The van der Waals surface area contributed by atoms with E-state index in [9.17, 15) is 4.39 Å². The molecule has 0 atom stereocenters. The van der Waals surface area contributed by atoms with Crippen LogP contribution in [0.25, 0.3) is 0 Å². The van der Waals surface area contributed by atoms with Gasteiger partial charge in [0.05, 0.1) is 17.3 Å². The van der Waals surface area contributed by atoms with Gasteiger partial charge in [-0.1, -0.05) is 6.07 Å². The fourth-order valence-corrected chi connectivity index (χ4v) is 1.42. The van der Waals surface area contributed by atoms with Gasteiger partial charge >= 0.3 is 0 Å². The van der Waals surface area contributed by atoms with Gasteiger partial charge in [-0.2, -0.15) is 5.26 Å². The maximum Gasteiger partial charge on any atom is 0.166 e. The number of anilines is 1. The van der Waals surface area contributed by atoms with Crippen LogP contribution in [0.3, 0.4) is 0 Å². The van der Waals surface area contributed by atoms with Gasteiger partial charge in [0.15, 0.2) is 11.6 Å². The normalized spacial score (nSPS) is 9.78. The molecule has 1 heterocycles. The Morgan fingerprint density at radius 3 is 2.83 bits per heavy atom.